The van der Waals surface area contributed by atoms with Crippen LogP contribution in [0.1, 0.15) is 56.2 Å². The maximum atomic E-state index is 12.9. The predicted octanol–water partition coefficient (Wildman–Crippen LogP) is 6.32. The molecule has 1 N–H and O–H groups in total. The molecule has 3 aromatic rings. The summed E-state index contributed by atoms with van der Waals surface area (Å²) in [5.74, 6) is -1.03. The van der Waals surface area contributed by atoms with Gasteiger partial charge in [0.05, 0.1) is 6.04 Å². The van der Waals surface area contributed by atoms with Crippen LogP contribution in [0.25, 0.3) is 11.1 Å². The fourth-order valence-corrected chi connectivity index (χ4v) is 4.65. The number of rotatable bonds is 10. The molecule has 3 aromatic carbocycles. The molecule has 1 atom stereocenters. The number of alkyl carbamates (subject to hydrolysis) is 1. The van der Waals surface area contributed by atoms with Crippen LogP contribution in [0.3, 0.4) is 0 Å². The number of carbonyl (C=O) groups excluding carboxylic acids is 3. The van der Waals surface area contributed by atoms with Crippen LogP contribution < -0.4 is 5.32 Å². The van der Waals surface area contributed by atoms with Crippen LogP contribution in [0, 0.1) is 0 Å². The Morgan fingerprint density at radius 2 is 1.45 bits per heavy atom. The van der Waals surface area contributed by atoms with E-state index in [1.165, 1.54) is 12.2 Å². The lowest BCUT2D eigenvalue weighted by atomic mass is 9.98. The minimum Gasteiger partial charge on any atom is -0.460 e. The van der Waals surface area contributed by atoms with Crippen molar-refractivity contribution in [3.63, 3.8) is 0 Å². The molecule has 7 nitrogen and oxygen atoms in total. The fourth-order valence-electron chi connectivity index (χ4n) is 4.65. The zero-order chi connectivity index (χ0) is 28.5. The summed E-state index contributed by atoms with van der Waals surface area (Å²) in [6, 6.07) is 24.9. The van der Waals surface area contributed by atoms with Gasteiger partial charge in [0.25, 0.3) is 0 Å². The van der Waals surface area contributed by atoms with Crippen molar-refractivity contribution in [1.29, 1.82) is 0 Å². The summed E-state index contributed by atoms with van der Waals surface area (Å²) < 4.78 is 16.3. The molecule has 0 saturated heterocycles. The summed E-state index contributed by atoms with van der Waals surface area (Å²) in [5.41, 5.74) is 4.74. The number of hydrogen-bond acceptors (Lipinski definition) is 6. The molecule has 1 amide bonds. The van der Waals surface area contributed by atoms with E-state index in [1.54, 1.807) is 20.8 Å². The molecule has 0 fully saturated rings. The molecule has 0 spiro atoms. The van der Waals surface area contributed by atoms with E-state index in [4.69, 9.17) is 14.2 Å². The standard InChI is InChI=1S/C33H35NO6/c1-33(2,3)40-31(36)20-18-24(17-19-30(35)38-21-23-11-5-4-6-12-23)34-32(37)39-22-29-27-15-9-7-13-25(27)26-14-8-10-16-28(26)29/h4-17,19,24,29H,18,20-22H2,1-3H3,(H,34,37)/b19-17-/t24-/m1/s1. The lowest BCUT2D eigenvalue weighted by Gasteiger charge is -2.21. The first-order chi connectivity index (χ1) is 19.2. The molecule has 1 aliphatic carbocycles. The SMILES string of the molecule is CC(C)(C)OC(=O)CC[C@@H](/C=C\C(=O)OCc1ccccc1)NC(=O)OCC1c2ccccc2-c2ccccc21. The first kappa shape index (κ1) is 28.6. The van der Waals surface area contributed by atoms with Gasteiger partial charge in [-0.3, -0.25) is 4.79 Å². The number of amides is 1. The number of hydrogen-bond donors (Lipinski definition) is 1. The van der Waals surface area contributed by atoms with Crippen LogP contribution in [0.2, 0.25) is 0 Å². The first-order valence-corrected chi connectivity index (χ1v) is 13.4. The summed E-state index contributed by atoms with van der Waals surface area (Å²) in [4.78, 5) is 37.5. The third kappa shape index (κ3) is 8.06. The van der Waals surface area contributed by atoms with Gasteiger partial charge >= 0.3 is 18.0 Å². The Hall–Kier alpha value is -4.39. The highest BCUT2D eigenvalue weighted by atomic mass is 16.6. The van der Waals surface area contributed by atoms with Gasteiger partial charge < -0.3 is 19.5 Å². The summed E-state index contributed by atoms with van der Waals surface area (Å²) in [7, 11) is 0. The summed E-state index contributed by atoms with van der Waals surface area (Å²) in [6.45, 7) is 5.66. The van der Waals surface area contributed by atoms with E-state index in [1.807, 2.05) is 54.6 Å². The molecule has 0 radical (unpaired) electrons. The van der Waals surface area contributed by atoms with Gasteiger partial charge in [-0.2, -0.15) is 0 Å². The Morgan fingerprint density at radius 1 is 0.850 bits per heavy atom. The lowest BCUT2D eigenvalue weighted by molar-refractivity contribution is -0.155. The van der Waals surface area contributed by atoms with Crippen molar-refractivity contribution in [1.82, 2.24) is 5.32 Å². The third-order valence-electron chi connectivity index (χ3n) is 6.41. The van der Waals surface area contributed by atoms with Gasteiger partial charge in [-0.25, -0.2) is 9.59 Å². The summed E-state index contributed by atoms with van der Waals surface area (Å²) >= 11 is 0. The molecular weight excluding hydrogens is 506 g/mol. The average Bonchev–Trinajstić information content (AvgIpc) is 3.25. The van der Waals surface area contributed by atoms with Crippen LogP contribution in [0.4, 0.5) is 4.79 Å². The van der Waals surface area contributed by atoms with Crippen molar-refractivity contribution in [3.05, 3.63) is 108 Å². The molecule has 0 saturated carbocycles. The quantitative estimate of drug-likeness (QED) is 0.184. The van der Waals surface area contributed by atoms with Gasteiger partial charge in [0, 0.05) is 18.4 Å². The summed E-state index contributed by atoms with van der Waals surface area (Å²) in [5, 5.41) is 2.77. The molecule has 7 heteroatoms. The van der Waals surface area contributed by atoms with E-state index in [0.29, 0.717) is 0 Å². The maximum Gasteiger partial charge on any atom is 0.407 e. The second-order valence-electron chi connectivity index (χ2n) is 10.7. The highest BCUT2D eigenvalue weighted by Gasteiger charge is 2.29. The molecule has 0 unspecified atom stereocenters. The lowest BCUT2D eigenvalue weighted by Crippen LogP contribution is -2.35. The van der Waals surface area contributed by atoms with Crippen molar-refractivity contribution in [2.75, 3.05) is 6.61 Å². The Bertz CT molecular complexity index is 1310. The molecule has 1 aliphatic rings. The molecule has 40 heavy (non-hydrogen) atoms. The van der Waals surface area contributed by atoms with Crippen molar-refractivity contribution in [2.24, 2.45) is 0 Å². The fraction of sp³-hybridized carbons (Fsp3) is 0.303. The van der Waals surface area contributed by atoms with Gasteiger partial charge in [0.2, 0.25) is 0 Å². The van der Waals surface area contributed by atoms with Crippen molar-refractivity contribution >= 4 is 18.0 Å². The number of carbonyl (C=O) groups is 3. The zero-order valence-electron chi connectivity index (χ0n) is 23.1. The van der Waals surface area contributed by atoms with E-state index in [2.05, 4.69) is 29.6 Å². The number of fused-ring (bicyclic) bond motifs is 3. The van der Waals surface area contributed by atoms with Gasteiger partial charge in [0.15, 0.2) is 0 Å². The second kappa shape index (κ2) is 13.1. The van der Waals surface area contributed by atoms with Crippen molar-refractivity contribution < 1.29 is 28.6 Å². The monoisotopic (exact) mass is 541 g/mol. The predicted molar refractivity (Wildman–Crippen MR) is 152 cm³/mol. The second-order valence-corrected chi connectivity index (χ2v) is 10.7. The van der Waals surface area contributed by atoms with Crippen LogP contribution in [-0.4, -0.2) is 36.3 Å². The molecule has 0 bridgehead atoms. The smallest absolute Gasteiger partial charge is 0.407 e. The zero-order valence-corrected chi connectivity index (χ0v) is 23.1. The maximum absolute atomic E-state index is 12.9. The van der Waals surface area contributed by atoms with Gasteiger partial charge in [-0.1, -0.05) is 84.9 Å². The van der Waals surface area contributed by atoms with Gasteiger partial charge in [-0.05, 0) is 55.0 Å². The van der Waals surface area contributed by atoms with Gasteiger partial charge in [-0.15, -0.1) is 0 Å². The van der Waals surface area contributed by atoms with Crippen LogP contribution in [0.5, 0.6) is 0 Å². The van der Waals surface area contributed by atoms with E-state index < -0.39 is 29.7 Å². The van der Waals surface area contributed by atoms with Crippen LogP contribution in [-0.2, 0) is 30.4 Å². The number of nitrogens with one attached hydrogen (secondary N) is 1. The Balaban J connectivity index is 1.37. The summed E-state index contributed by atoms with van der Waals surface area (Å²) in [6.07, 6.45) is 2.40. The molecular formula is C33H35NO6. The molecule has 0 aliphatic heterocycles. The molecule has 208 valence electrons. The van der Waals surface area contributed by atoms with Crippen molar-refractivity contribution in [2.45, 2.75) is 57.8 Å². The van der Waals surface area contributed by atoms with Gasteiger partial charge in [0.1, 0.15) is 18.8 Å². The Kier molecular flexibility index (Phi) is 9.38. The van der Waals surface area contributed by atoms with Crippen LogP contribution >= 0.6 is 0 Å². The Labute approximate surface area is 235 Å². The normalized spacial score (nSPS) is 13.3. The molecule has 0 heterocycles. The Morgan fingerprint density at radius 3 is 2.08 bits per heavy atom. The molecule has 0 aromatic heterocycles. The third-order valence-corrected chi connectivity index (χ3v) is 6.41. The van der Waals surface area contributed by atoms with Crippen LogP contribution in [0.15, 0.2) is 91.0 Å². The van der Waals surface area contributed by atoms with E-state index >= 15 is 0 Å². The minimum atomic E-state index is -0.646. The van der Waals surface area contributed by atoms with E-state index in [0.717, 1.165) is 27.8 Å². The first-order valence-electron chi connectivity index (χ1n) is 13.4. The topological polar surface area (TPSA) is 90.9 Å². The number of benzene rings is 3. The van der Waals surface area contributed by atoms with E-state index in [-0.39, 0.29) is 32.0 Å². The minimum absolute atomic E-state index is 0.0506. The van der Waals surface area contributed by atoms with E-state index in [9.17, 15) is 14.4 Å². The van der Waals surface area contributed by atoms with Crippen molar-refractivity contribution in [3.8, 4) is 11.1 Å². The highest BCUT2D eigenvalue weighted by molar-refractivity contribution is 5.82. The molecule has 4 rings (SSSR count). The largest absolute Gasteiger partial charge is 0.460 e. The average molecular weight is 542 g/mol. The number of esters is 2. The number of ether oxygens (including phenoxy) is 3. The highest BCUT2D eigenvalue weighted by Crippen LogP contribution is 2.44.